The third-order valence-electron chi connectivity index (χ3n) is 4.04. The third-order valence-corrected chi connectivity index (χ3v) is 4.82. The number of oxime groups is 1. The quantitative estimate of drug-likeness (QED) is 0.278. The van der Waals surface area contributed by atoms with Gasteiger partial charge in [-0.3, -0.25) is 0 Å². The van der Waals surface area contributed by atoms with Gasteiger partial charge in [0.05, 0.1) is 5.56 Å². The average molecular weight is 291 g/mol. The molecule has 2 aliphatic rings. The van der Waals surface area contributed by atoms with Crippen molar-refractivity contribution in [2.24, 2.45) is 16.8 Å². The van der Waals surface area contributed by atoms with Gasteiger partial charge in [0.2, 0.25) is 0 Å². The Morgan fingerprint density at radius 2 is 2.15 bits per heavy atom. The van der Waals surface area contributed by atoms with Gasteiger partial charge < -0.3 is 15.8 Å². The molecular formula is C15H21N3OS. The topological polar surface area (TPSA) is 61.8 Å². The first kappa shape index (κ1) is 13.6. The van der Waals surface area contributed by atoms with E-state index in [0.29, 0.717) is 6.04 Å². The summed E-state index contributed by atoms with van der Waals surface area (Å²) < 4.78 is 0. The first-order chi connectivity index (χ1) is 9.74. The number of nitrogens with two attached hydrogens (primary N) is 1. The molecule has 3 N–H and O–H groups in total. The van der Waals surface area contributed by atoms with Gasteiger partial charge in [-0.25, -0.2) is 0 Å². The first-order valence-corrected chi connectivity index (χ1v) is 8.38. The molecular weight excluding hydrogens is 270 g/mol. The van der Waals surface area contributed by atoms with E-state index in [1.807, 2.05) is 12.3 Å². The molecule has 3 rings (SSSR count). The molecule has 2 fully saturated rings. The van der Waals surface area contributed by atoms with Crippen LogP contribution in [0, 0.1) is 5.92 Å². The summed E-state index contributed by atoms with van der Waals surface area (Å²) in [6, 6.07) is 6.84. The highest BCUT2D eigenvalue weighted by Gasteiger charge is 2.35. The lowest BCUT2D eigenvalue weighted by Gasteiger charge is -2.28. The Bertz CT molecular complexity index is 524. The predicted molar refractivity (Wildman–Crippen MR) is 83.8 cm³/mol. The average Bonchev–Trinajstić information content (AvgIpc) is 3.36. The highest BCUT2D eigenvalue weighted by Crippen LogP contribution is 2.40. The normalized spacial score (nSPS) is 19.1. The zero-order chi connectivity index (χ0) is 14.1. The van der Waals surface area contributed by atoms with Crippen LogP contribution in [0.1, 0.15) is 31.2 Å². The van der Waals surface area contributed by atoms with Crippen LogP contribution in [0.15, 0.2) is 28.3 Å². The summed E-state index contributed by atoms with van der Waals surface area (Å²) >= 11 is 1.64. The lowest BCUT2D eigenvalue weighted by atomic mass is 10.1. The molecule has 0 radical (unpaired) electrons. The van der Waals surface area contributed by atoms with E-state index in [0.717, 1.165) is 28.6 Å². The van der Waals surface area contributed by atoms with Gasteiger partial charge in [-0.15, -0.1) is 11.8 Å². The lowest BCUT2D eigenvalue weighted by Crippen LogP contribution is -2.31. The number of hydrogen-bond donors (Lipinski definition) is 2. The van der Waals surface area contributed by atoms with Gasteiger partial charge in [-0.1, -0.05) is 11.2 Å². The second kappa shape index (κ2) is 5.56. The van der Waals surface area contributed by atoms with Crippen LogP contribution in [0.4, 0.5) is 5.69 Å². The smallest absolute Gasteiger partial charge is 0.173 e. The predicted octanol–water partition coefficient (Wildman–Crippen LogP) is 2.88. The zero-order valence-corrected chi connectivity index (χ0v) is 12.6. The van der Waals surface area contributed by atoms with Crippen molar-refractivity contribution in [1.29, 1.82) is 0 Å². The molecule has 1 aromatic rings. The SMILES string of the molecule is CSc1cccc(N(CC2CC2)C2CC2)c1/C(N)=N/O. The molecule has 0 bridgehead atoms. The Labute approximate surface area is 124 Å². The van der Waals surface area contributed by atoms with Crippen molar-refractivity contribution in [2.45, 2.75) is 36.6 Å². The van der Waals surface area contributed by atoms with Crippen molar-refractivity contribution in [1.82, 2.24) is 0 Å². The molecule has 0 heterocycles. The summed E-state index contributed by atoms with van der Waals surface area (Å²) in [7, 11) is 0. The standard InChI is InChI=1S/C15H21N3OS/c1-20-13-4-2-3-12(14(13)15(16)17-19)18(11-7-8-11)9-10-5-6-10/h2-4,10-11,19H,5-9H2,1H3,(H2,16,17). The number of anilines is 1. The molecule has 2 saturated carbocycles. The van der Waals surface area contributed by atoms with E-state index in [9.17, 15) is 0 Å². The Hall–Kier alpha value is -1.36. The van der Waals surface area contributed by atoms with Crippen LogP contribution in [-0.4, -0.2) is 29.9 Å². The minimum absolute atomic E-state index is 0.214. The molecule has 0 aliphatic heterocycles. The number of benzene rings is 1. The maximum atomic E-state index is 9.10. The van der Waals surface area contributed by atoms with Gasteiger partial charge in [0.15, 0.2) is 5.84 Å². The van der Waals surface area contributed by atoms with Crippen LogP contribution in [0.3, 0.4) is 0 Å². The largest absolute Gasteiger partial charge is 0.409 e. The molecule has 5 heteroatoms. The van der Waals surface area contributed by atoms with Crippen LogP contribution in [-0.2, 0) is 0 Å². The van der Waals surface area contributed by atoms with Crippen LogP contribution < -0.4 is 10.6 Å². The van der Waals surface area contributed by atoms with Crippen LogP contribution in [0.25, 0.3) is 0 Å². The van der Waals surface area contributed by atoms with Gasteiger partial charge in [0.25, 0.3) is 0 Å². The number of thioether (sulfide) groups is 1. The molecule has 0 atom stereocenters. The van der Waals surface area contributed by atoms with E-state index in [-0.39, 0.29) is 5.84 Å². The van der Waals surface area contributed by atoms with Gasteiger partial charge in [-0.2, -0.15) is 0 Å². The fourth-order valence-electron chi connectivity index (χ4n) is 2.65. The summed E-state index contributed by atoms with van der Waals surface area (Å²) in [6.45, 7) is 1.11. The van der Waals surface area contributed by atoms with Crippen LogP contribution in [0.2, 0.25) is 0 Å². The van der Waals surface area contributed by atoms with Gasteiger partial charge in [0.1, 0.15) is 0 Å². The Morgan fingerprint density at radius 3 is 2.70 bits per heavy atom. The zero-order valence-electron chi connectivity index (χ0n) is 11.7. The van der Waals surface area contributed by atoms with Crippen molar-refractivity contribution >= 4 is 23.3 Å². The van der Waals surface area contributed by atoms with E-state index in [2.05, 4.69) is 22.2 Å². The number of hydrogen-bond acceptors (Lipinski definition) is 4. The summed E-state index contributed by atoms with van der Waals surface area (Å²) in [6.07, 6.45) is 7.21. The number of nitrogens with zero attached hydrogens (tertiary/aromatic N) is 2. The maximum Gasteiger partial charge on any atom is 0.173 e. The molecule has 1 aromatic carbocycles. The van der Waals surface area contributed by atoms with Crippen molar-refractivity contribution in [3.05, 3.63) is 23.8 Å². The number of rotatable bonds is 6. The second-order valence-corrected chi connectivity index (χ2v) is 6.51. The Morgan fingerprint density at radius 1 is 1.40 bits per heavy atom. The Kier molecular flexibility index (Phi) is 3.78. The summed E-state index contributed by atoms with van der Waals surface area (Å²) in [5.74, 6) is 1.04. The maximum absolute atomic E-state index is 9.10. The van der Waals surface area contributed by atoms with Crippen molar-refractivity contribution in [3.8, 4) is 0 Å². The van der Waals surface area contributed by atoms with Crippen LogP contribution >= 0.6 is 11.8 Å². The van der Waals surface area contributed by atoms with Crippen molar-refractivity contribution in [2.75, 3.05) is 17.7 Å². The van der Waals surface area contributed by atoms with Crippen molar-refractivity contribution < 1.29 is 5.21 Å². The van der Waals surface area contributed by atoms with Gasteiger partial charge in [-0.05, 0) is 50.0 Å². The van der Waals surface area contributed by atoms with E-state index in [1.165, 1.54) is 25.7 Å². The van der Waals surface area contributed by atoms with E-state index >= 15 is 0 Å². The fourth-order valence-corrected chi connectivity index (χ4v) is 3.27. The Balaban J connectivity index is 2.01. The minimum atomic E-state index is 0.214. The number of amidine groups is 1. The molecule has 4 nitrogen and oxygen atoms in total. The van der Waals surface area contributed by atoms with E-state index in [1.54, 1.807) is 11.8 Å². The molecule has 0 amide bonds. The highest BCUT2D eigenvalue weighted by molar-refractivity contribution is 7.98. The second-order valence-electron chi connectivity index (χ2n) is 5.67. The molecule has 0 aromatic heterocycles. The fraction of sp³-hybridized carbons (Fsp3) is 0.533. The van der Waals surface area contributed by atoms with Gasteiger partial charge in [0, 0.05) is 23.2 Å². The monoisotopic (exact) mass is 291 g/mol. The molecule has 108 valence electrons. The summed E-state index contributed by atoms with van der Waals surface area (Å²) in [5, 5.41) is 12.3. The molecule has 20 heavy (non-hydrogen) atoms. The summed E-state index contributed by atoms with van der Waals surface area (Å²) in [5.41, 5.74) is 7.95. The van der Waals surface area contributed by atoms with E-state index in [4.69, 9.17) is 10.9 Å². The molecule has 0 saturated heterocycles. The highest BCUT2D eigenvalue weighted by atomic mass is 32.2. The van der Waals surface area contributed by atoms with Crippen molar-refractivity contribution in [3.63, 3.8) is 0 Å². The van der Waals surface area contributed by atoms with E-state index < -0.39 is 0 Å². The lowest BCUT2D eigenvalue weighted by molar-refractivity contribution is 0.318. The van der Waals surface area contributed by atoms with Gasteiger partial charge >= 0.3 is 0 Å². The molecule has 0 unspecified atom stereocenters. The minimum Gasteiger partial charge on any atom is -0.409 e. The first-order valence-electron chi connectivity index (χ1n) is 7.16. The summed E-state index contributed by atoms with van der Waals surface area (Å²) in [4.78, 5) is 3.55. The molecule has 0 spiro atoms. The van der Waals surface area contributed by atoms with Crippen LogP contribution in [0.5, 0.6) is 0 Å². The third kappa shape index (κ3) is 2.73. The molecule has 2 aliphatic carbocycles.